The zero-order valence-corrected chi connectivity index (χ0v) is 22.1. The van der Waals surface area contributed by atoms with E-state index in [0.717, 1.165) is 44.9 Å². The van der Waals surface area contributed by atoms with Crippen LogP contribution in [0.3, 0.4) is 0 Å². The third-order valence-electron chi connectivity index (χ3n) is 6.72. The molecule has 8 N–H and O–H groups in total. The van der Waals surface area contributed by atoms with Crippen molar-refractivity contribution >= 4 is 5.91 Å². The minimum absolute atomic E-state index is 0.159. The molecule has 1 heterocycles. The number of aliphatic hydroxyl groups excluding tert-OH is 8. The van der Waals surface area contributed by atoms with Crippen molar-refractivity contribution in [2.45, 2.75) is 127 Å². The van der Waals surface area contributed by atoms with Crippen LogP contribution in [0.5, 0.6) is 0 Å². The topological polar surface area (TPSA) is 201 Å². The number of carbonyl (C=O) groups excluding carboxylic acids is 1. The van der Waals surface area contributed by atoms with E-state index in [0.29, 0.717) is 19.4 Å². The number of carbonyl (C=O) groups is 1. The van der Waals surface area contributed by atoms with E-state index in [1.54, 1.807) is 0 Å². The summed E-state index contributed by atoms with van der Waals surface area (Å²) in [5, 5.41) is 80.9. The second-order valence-corrected chi connectivity index (χ2v) is 9.82. The van der Waals surface area contributed by atoms with Gasteiger partial charge in [-0.3, -0.25) is 4.79 Å². The summed E-state index contributed by atoms with van der Waals surface area (Å²) in [5.41, 5.74) is 0. The Hall–Kier alpha value is -0.930. The quantitative estimate of drug-likeness (QED) is 0.0900. The van der Waals surface area contributed by atoms with Gasteiger partial charge in [-0.25, -0.2) is 0 Å². The van der Waals surface area contributed by atoms with Gasteiger partial charge in [-0.15, -0.1) is 0 Å². The van der Waals surface area contributed by atoms with Crippen molar-refractivity contribution in [3.8, 4) is 0 Å². The Morgan fingerprint density at radius 1 is 0.865 bits per heavy atom. The van der Waals surface area contributed by atoms with E-state index < -0.39 is 68.3 Å². The molecule has 220 valence electrons. The molecule has 0 saturated carbocycles. The molecule has 0 radical (unpaired) electrons. The smallest absolute Gasteiger partial charge is 0.222 e. The molecule has 0 aromatic carbocycles. The summed E-state index contributed by atoms with van der Waals surface area (Å²) in [6, 6.07) is 0. The van der Waals surface area contributed by atoms with Gasteiger partial charge in [0.05, 0.1) is 13.2 Å². The highest BCUT2D eigenvalue weighted by molar-refractivity contribution is 5.76. The maximum atomic E-state index is 12.9. The van der Waals surface area contributed by atoms with Crippen molar-refractivity contribution in [2.75, 3.05) is 26.3 Å². The van der Waals surface area contributed by atoms with Crippen LogP contribution in [0.15, 0.2) is 0 Å². The Morgan fingerprint density at radius 3 is 2.05 bits per heavy atom. The molecular weight excluding hydrogens is 490 g/mol. The fraction of sp³-hybridized carbons (Fsp3) is 0.960. The van der Waals surface area contributed by atoms with Crippen molar-refractivity contribution in [1.82, 2.24) is 4.90 Å². The average molecular weight is 540 g/mol. The molecule has 0 aromatic rings. The monoisotopic (exact) mass is 539 g/mol. The van der Waals surface area contributed by atoms with Crippen LogP contribution in [0, 0.1) is 0 Å². The number of hydrogen-bond donors (Lipinski definition) is 8. The largest absolute Gasteiger partial charge is 0.394 e. The molecule has 37 heavy (non-hydrogen) atoms. The van der Waals surface area contributed by atoms with Crippen molar-refractivity contribution < 1.29 is 55.1 Å². The van der Waals surface area contributed by atoms with Gasteiger partial charge in [0.1, 0.15) is 48.8 Å². The first kappa shape index (κ1) is 34.1. The van der Waals surface area contributed by atoms with Crippen LogP contribution in [0.4, 0.5) is 0 Å². The van der Waals surface area contributed by atoms with Crippen LogP contribution in [-0.2, 0) is 14.3 Å². The molecule has 9 atom stereocenters. The maximum Gasteiger partial charge on any atom is 0.222 e. The van der Waals surface area contributed by atoms with E-state index in [4.69, 9.17) is 9.47 Å². The second kappa shape index (κ2) is 18.4. The van der Waals surface area contributed by atoms with Crippen molar-refractivity contribution in [3.05, 3.63) is 0 Å². The molecule has 0 bridgehead atoms. The Labute approximate surface area is 219 Å². The summed E-state index contributed by atoms with van der Waals surface area (Å²) in [7, 11) is 0. The third kappa shape index (κ3) is 11.0. The first-order valence-electron chi connectivity index (χ1n) is 13.5. The minimum Gasteiger partial charge on any atom is -0.394 e. The van der Waals surface area contributed by atoms with Gasteiger partial charge in [0.2, 0.25) is 5.91 Å². The molecule has 1 aliphatic rings. The summed E-state index contributed by atoms with van der Waals surface area (Å²) >= 11 is 0. The normalized spacial score (nSPS) is 27.5. The Balaban J connectivity index is 2.93. The molecule has 0 aliphatic carbocycles. The maximum absolute atomic E-state index is 12.9. The van der Waals surface area contributed by atoms with Gasteiger partial charge in [0.25, 0.3) is 0 Å². The summed E-state index contributed by atoms with van der Waals surface area (Å²) < 4.78 is 10.7. The van der Waals surface area contributed by atoms with Crippen molar-refractivity contribution in [1.29, 1.82) is 0 Å². The summed E-state index contributed by atoms with van der Waals surface area (Å²) in [5.74, 6) is -0.159. The molecule has 12 heteroatoms. The van der Waals surface area contributed by atoms with Gasteiger partial charge in [0, 0.05) is 19.5 Å². The highest BCUT2D eigenvalue weighted by Crippen LogP contribution is 2.25. The Morgan fingerprint density at radius 2 is 1.49 bits per heavy atom. The van der Waals surface area contributed by atoms with Crippen LogP contribution < -0.4 is 0 Å². The molecule has 1 rings (SSSR count). The molecule has 1 amide bonds. The lowest BCUT2D eigenvalue weighted by Crippen LogP contribution is -2.61. The summed E-state index contributed by atoms with van der Waals surface area (Å²) in [6.45, 7) is 2.70. The van der Waals surface area contributed by atoms with Crippen LogP contribution in [0.1, 0.15) is 71.6 Å². The summed E-state index contributed by atoms with van der Waals surface area (Å²) in [6.07, 6.45) is -7.39. The van der Waals surface area contributed by atoms with Crippen LogP contribution >= 0.6 is 0 Å². The number of unbranched alkanes of at least 4 members (excludes halogenated alkanes) is 6. The lowest BCUT2D eigenvalue weighted by molar-refractivity contribution is -0.327. The lowest BCUT2D eigenvalue weighted by Gasteiger charge is -2.42. The van der Waals surface area contributed by atoms with Gasteiger partial charge in [-0.1, -0.05) is 52.4 Å². The second-order valence-electron chi connectivity index (χ2n) is 9.82. The average Bonchev–Trinajstić information content (AvgIpc) is 2.90. The SMILES string of the molecule is CCCCCCC(=O)N(CCCCCC)C[C@H](O)[C@@H](O)[C@H](O[C@@H]1O[C@H](CO)[C@H](O)[C@H](O)[C@H]1O)[C@H](O)CO. The fourth-order valence-corrected chi connectivity index (χ4v) is 4.30. The molecule has 1 fully saturated rings. The van der Waals surface area contributed by atoms with Crippen molar-refractivity contribution in [3.63, 3.8) is 0 Å². The number of ether oxygens (including phenoxy) is 2. The molecule has 1 saturated heterocycles. The molecule has 0 spiro atoms. The molecule has 0 unspecified atom stereocenters. The third-order valence-corrected chi connectivity index (χ3v) is 6.72. The zero-order valence-electron chi connectivity index (χ0n) is 22.1. The molecule has 12 nitrogen and oxygen atoms in total. The minimum atomic E-state index is -1.82. The standard InChI is InChI=1S/C25H49NO11/c1-3-5-7-9-11-19(31)26(12-10-8-6-4-2)13-16(29)20(32)24(17(30)14-27)37-25-23(35)22(34)21(33)18(15-28)36-25/h16-18,20-25,27-30,32-35H,3-15H2,1-2H3/t16-,17+,18+,20+,21-,22-,23+,24+,25-/m0/s1. The van der Waals surface area contributed by atoms with Gasteiger partial charge in [-0.05, 0) is 12.8 Å². The molecular formula is C25H49NO11. The van der Waals surface area contributed by atoms with E-state index >= 15 is 0 Å². The lowest BCUT2D eigenvalue weighted by atomic mass is 9.98. The number of hydrogen-bond acceptors (Lipinski definition) is 11. The Kier molecular flexibility index (Phi) is 16.9. The van der Waals surface area contributed by atoms with Gasteiger partial charge < -0.3 is 55.2 Å². The molecule has 1 aliphatic heterocycles. The van der Waals surface area contributed by atoms with Gasteiger partial charge >= 0.3 is 0 Å². The molecule has 0 aromatic heterocycles. The highest BCUT2D eigenvalue weighted by Gasteiger charge is 2.47. The van der Waals surface area contributed by atoms with Crippen molar-refractivity contribution in [2.24, 2.45) is 0 Å². The number of amides is 1. The first-order chi connectivity index (χ1) is 17.6. The van der Waals surface area contributed by atoms with E-state index in [2.05, 4.69) is 13.8 Å². The van der Waals surface area contributed by atoms with Gasteiger partial charge in [-0.2, -0.15) is 0 Å². The highest BCUT2D eigenvalue weighted by atomic mass is 16.7. The van der Waals surface area contributed by atoms with E-state index in [1.165, 1.54) is 4.90 Å². The van der Waals surface area contributed by atoms with E-state index in [1.807, 2.05) is 0 Å². The fourth-order valence-electron chi connectivity index (χ4n) is 4.30. The van der Waals surface area contributed by atoms with Crippen LogP contribution in [0.25, 0.3) is 0 Å². The Bertz CT molecular complexity index is 611. The van der Waals surface area contributed by atoms with E-state index in [9.17, 15) is 45.6 Å². The van der Waals surface area contributed by atoms with E-state index in [-0.39, 0.29) is 12.5 Å². The number of rotatable bonds is 19. The van der Waals surface area contributed by atoms with Crippen LogP contribution in [-0.4, -0.2) is 133 Å². The number of aliphatic hydroxyl groups is 8. The first-order valence-corrected chi connectivity index (χ1v) is 13.5. The predicted molar refractivity (Wildman–Crippen MR) is 133 cm³/mol. The predicted octanol–water partition coefficient (Wildman–Crippen LogP) is -1.37. The number of nitrogens with zero attached hydrogens (tertiary/aromatic N) is 1. The summed E-state index contributed by atoms with van der Waals surface area (Å²) in [4.78, 5) is 14.3. The van der Waals surface area contributed by atoms with Gasteiger partial charge in [0.15, 0.2) is 6.29 Å². The van der Waals surface area contributed by atoms with Crippen LogP contribution in [0.2, 0.25) is 0 Å². The zero-order chi connectivity index (χ0) is 28.0.